The highest BCUT2D eigenvalue weighted by Crippen LogP contribution is 2.30. The molecule has 0 bridgehead atoms. The minimum Gasteiger partial charge on any atom is -0.455 e. The Bertz CT molecular complexity index is 980. The number of rotatable bonds is 5. The summed E-state index contributed by atoms with van der Waals surface area (Å²) in [4.78, 5) is 22.5. The van der Waals surface area contributed by atoms with Gasteiger partial charge in [-0.15, -0.1) is 0 Å². The second-order valence-corrected chi connectivity index (χ2v) is 5.62. The fourth-order valence-corrected chi connectivity index (χ4v) is 2.35. The van der Waals surface area contributed by atoms with Gasteiger partial charge in [0.15, 0.2) is 0 Å². The fraction of sp³-hybridized carbons (Fsp3) is 0. The Kier molecular flexibility index (Phi) is 5.09. The number of carbonyl (C=O) groups excluding carboxylic acids is 1. The molecular formula is C18H12ClN3O4. The summed E-state index contributed by atoms with van der Waals surface area (Å²) in [6, 6.07) is 15.8. The summed E-state index contributed by atoms with van der Waals surface area (Å²) in [7, 11) is 0. The summed E-state index contributed by atoms with van der Waals surface area (Å²) in [6.07, 6.45) is 1.31. The van der Waals surface area contributed by atoms with E-state index < -0.39 is 10.8 Å². The minimum absolute atomic E-state index is 0.0543. The van der Waals surface area contributed by atoms with Crippen LogP contribution in [-0.2, 0) is 0 Å². The maximum absolute atomic E-state index is 11.9. The molecule has 0 unspecified atom stereocenters. The third kappa shape index (κ3) is 3.96. The summed E-state index contributed by atoms with van der Waals surface area (Å²) in [6.45, 7) is 0. The van der Waals surface area contributed by atoms with E-state index in [4.69, 9.17) is 16.0 Å². The molecule has 1 aromatic heterocycles. The van der Waals surface area contributed by atoms with Crippen molar-refractivity contribution >= 4 is 29.4 Å². The van der Waals surface area contributed by atoms with Gasteiger partial charge >= 0.3 is 0 Å². The van der Waals surface area contributed by atoms with E-state index in [0.29, 0.717) is 27.7 Å². The SMILES string of the molecule is O=C(N/N=C\c1ccc(-c2ccccc2[N+](=O)[O-])o1)c1ccc(Cl)cc1. The van der Waals surface area contributed by atoms with Crippen molar-refractivity contribution in [3.05, 3.63) is 87.1 Å². The molecule has 0 aliphatic carbocycles. The molecule has 0 aliphatic rings. The van der Waals surface area contributed by atoms with Gasteiger partial charge in [0, 0.05) is 16.7 Å². The number of furan rings is 1. The largest absolute Gasteiger partial charge is 0.455 e. The number of halogens is 1. The number of hydrogen-bond donors (Lipinski definition) is 1. The van der Waals surface area contributed by atoms with Crippen molar-refractivity contribution < 1.29 is 14.1 Å². The van der Waals surface area contributed by atoms with Crippen LogP contribution in [-0.4, -0.2) is 17.0 Å². The normalized spacial score (nSPS) is 10.8. The van der Waals surface area contributed by atoms with Crippen LogP contribution in [0.2, 0.25) is 5.02 Å². The lowest BCUT2D eigenvalue weighted by Crippen LogP contribution is -2.17. The lowest BCUT2D eigenvalue weighted by atomic mass is 10.1. The number of carbonyl (C=O) groups is 1. The topological polar surface area (TPSA) is 97.7 Å². The maximum Gasteiger partial charge on any atom is 0.280 e. The molecule has 0 saturated heterocycles. The fourth-order valence-electron chi connectivity index (χ4n) is 2.23. The first-order valence-corrected chi connectivity index (χ1v) is 7.85. The Labute approximate surface area is 153 Å². The highest BCUT2D eigenvalue weighted by Gasteiger charge is 2.16. The van der Waals surface area contributed by atoms with Gasteiger partial charge in [-0.1, -0.05) is 23.7 Å². The summed E-state index contributed by atoms with van der Waals surface area (Å²) in [5.74, 6) is 0.278. The Morgan fingerprint density at radius 3 is 2.58 bits per heavy atom. The second kappa shape index (κ2) is 7.62. The van der Waals surface area contributed by atoms with E-state index in [1.165, 1.54) is 12.3 Å². The molecule has 0 spiro atoms. The number of benzene rings is 2. The van der Waals surface area contributed by atoms with E-state index in [1.807, 2.05) is 0 Å². The first kappa shape index (κ1) is 17.4. The van der Waals surface area contributed by atoms with Crippen LogP contribution >= 0.6 is 11.6 Å². The number of nitro groups is 1. The van der Waals surface area contributed by atoms with Crippen molar-refractivity contribution in [2.45, 2.75) is 0 Å². The van der Waals surface area contributed by atoms with Gasteiger partial charge in [-0.3, -0.25) is 14.9 Å². The highest BCUT2D eigenvalue weighted by atomic mass is 35.5. The van der Waals surface area contributed by atoms with Crippen LogP contribution in [0.4, 0.5) is 5.69 Å². The molecule has 0 radical (unpaired) electrons. The van der Waals surface area contributed by atoms with Crippen LogP contribution in [0.5, 0.6) is 0 Å². The molecule has 26 heavy (non-hydrogen) atoms. The molecule has 1 N–H and O–H groups in total. The number of hydrogen-bond acceptors (Lipinski definition) is 5. The number of nitrogens with one attached hydrogen (secondary N) is 1. The van der Waals surface area contributed by atoms with Gasteiger partial charge in [-0.2, -0.15) is 5.10 Å². The molecule has 3 rings (SSSR count). The predicted octanol–water partition coefficient (Wildman–Crippen LogP) is 4.27. The third-order valence-corrected chi connectivity index (χ3v) is 3.71. The lowest BCUT2D eigenvalue weighted by molar-refractivity contribution is -0.384. The van der Waals surface area contributed by atoms with Gasteiger partial charge in [-0.25, -0.2) is 5.43 Å². The molecule has 1 amide bonds. The third-order valence-electron chi connectivity index (χ3n) is 3.46. The molecule has 7 nitrogen and oxygen atoms in total. The minimum atomic E-state index is -0.474. The standard InChI is InChI=1S/C18H12ClN3O4/c19-13-7-5-12(6-8-13)18(23)21-20-11-14-9-10-17(26-14)15-3-1-2-4-16(15)22(24)25/h1-11H,(H,21,23)/b20-11-. The zero-order valence-electron chi connectivity index (χ0n) is 13.3. The van der Waals surface area contributed by atoms with Crippen LogP contribution in [0.25, 0.3) is 11.3 Å². The van der Waals surface area contributed by atoms with Crippen LogP contribution in [0.3, 0.4) is 0 Å². The van der Waals surface area contributed by atoms with E-state index in [1.54, 1.807) is 54.6 Å². The smallest absolute Gasteiger partial charge is 0.280 e. The van der Waals surface area contributed by atoms with Gasteiger partial charge in [0.2, 0.25) is 0 Å². The molecule has 0 saturated carbocycles. The summed E-state index contributed by atoms with van der Waals surface area (Å²) in [5, 5.41) is 15.4. The van der Waals surface area contributed by atoms with Gasteiger partial charge in [0.1, 0.15) is 11.5 Å². The van der Waals surface area contributed by atoms with E-state index >= 15 is 0 Å². The molecule has 130 valence electrons. The lowest BCUT2D eigenvalue weighted by Gasteiger charge is -1.99. The summed E-state index contributed by atoms with van der Waals surface area (Å²) < 4.78 is 5.54. The quantitative estimate of drug-likeness (QED) is 0.412. The molecule has 0 fully saturated rings. The Morgan fingerprint density at radius 1 is 1.12 bits per heavy atom. The first-order chi connectivity index (χ1) is 12.5. The predicted molar refractivity (Wildman–Crippen MR) is 97.3 cm³/mol. The monoisotopic (exact) mass is 369 g/mol. The summed E-state index contributed by atoms with van der Waals surface area (Å²) in [5.41, 5.74) is 3.08. The first-order valence-electron chi connectivity index (χ1n) is 7.47. The molecule has 0 atom stereocenters. The van der Waals surface area contributed by atoms with Crippen LogP contribution in [0.15, 0.2) is 70.2 Å². The molecular weight excluding hydrogens is 358 g/mol. The maximum atomic E-state index is 11.9. The molecule has 8 heteroatoms. The van der Waals surface area contributed by atoms with Crippen molar-refractivity contribution in [3.63, 3.8) is 0 Å². The van der Waals surface area contributed by atoms with Gasteiger partial charge < -0.3 is 4.42 Å². The average molecular weight is 370 g/mol. The van der Waals surface area contributed by atoms with Crippen molar-refractivity contribution in [1.82, 2.24) is 5.43 Å². The van der Waals surface area contributed by atoms with Crippen LogP contribution in [0.1, 0.15) is 16.1 Å². The number of nitro benzene ring substituents is 1. The number of hydrazone groups is 1. The van der Waals surface area contributed by atoms with Crippen LogP contribution in [0, 0.1) is 10.1 Å². The van der Waals surface area contributed by atoms with Crippen molar-refractivity contribution in [2.75, 3.05) is 0 Å². The zero-order valence-corrected chi connectivity index (χ0v) is 14.0. The molecule has 0 aliphatic heterocycles. The van der Waals surface area contributed by atoms with Crippen molar-refractivity contribution in [1.29, 1.82) is 0 Å². The van der Waals surface area contributed by atoms with Crippen molar-refractivity contribution in [2.24, 2.45) is 5.10 Å². The molecule has 3 aromatic rings. The van der Waals surface area contributed by atoms with Gasteiger partial charge in [0.25, 0.3) is 11.6 Å². The van der Waals surface area contributed by atoms with Gasteiger partial charge in [0.05, 0.1) is 16.7 Å². The highest BCUT2D eigenvalue weighted by molar-refractivity contribution is 6.30. The number of para-hydroxylation sites is 1. The van der Waals surface area contributed by atoms with Crippen molar-refractivity contribution in [3.8, 4) is 11.3 Å². The van der Waals surface area contributed by atoms with E-state index in [0.717, 1.165) is 0 Å². The summed E-state index contributed by atoms with van der Waals surface area (Å²) >= 11 is 5.77. The van der Waals surface area contributed by atoms with E-state index in [9.17, 15) is 14.9 Å². The van der Waals surface area contributed by atoms with E-state index in [-0.39, 0.29) is 5.69 Å². The Hall–Kier alpha value is -3.45. The average Bonchev–Trinajstić information content (AvgIpc) is 3.11. The Balaban J connectivity index is 1.71. The zero-order chi connectivity index (χ0) is 18.5. The molecule has 1 heterocycles. The van der Waals surface area contributed by atoms with Crippen LogP contribution < -0.4 is 5.43 Å². The second-order valence-electron chi connectivity index (χ2n) is 5.18. The van der Waals surface area contributed by atoms with E-state index in [2.05, 4.69) is 10.5 Å². The Morgan fingerprint density at radius 2 is 1.85 bits per heavy atom. The number of nitrogens with zero attached hydrogens (tertiary/aromatic N) is 2. The molecule has 2 aromatic carbocycles. The number of amides is 1. The van der Waals surface area contributed by atoms with Gasteiger partial charge in [-0.05, 0) is 42.5 Å².